The maximum atomic E-state index is 13.8. The van der Waals surface area contributed by atoms with Crippen molar-refractivity contribution in [2.24, 2.45) is 5.92 Å². The van der Waals surface area contributed by atoms with Crippen LogP contribution in [0.1, 0.15) is 55.7 Å². The molecule has 0 fully saturated rings. The van der Waals surface area contributed by atoms with Gasteiger partial charge in [-0.25, -0.2) is 8.78 Å². The third-order valence-corrected chi connectivity index (χ3v) is 4.47. The Balaban J connectivity index is 1.99. The Morgan fingerprint density at radius 1 is 1.23 bits per heavy atom. The normalized spacial score (nSPS) is 12.5. The second-order valence-electron chi connectivity index (χ2n) is 7.18. The van der Waals surface area contributed by atoms with Crippen molar-refractivity contribution in [3.63, 3.8) is 0 Å². The van der Waals surface area contributed by atoms with E-state index in [0.29, 0.717) is 12.3 Å². The van der Waals surface area contributed by atoms with Crippen molar-refractivity contribution in [2.45, 2.75) is 60.0 Å². The van der Waals surface area contributed by atoms with Gasteiger partial charge in [0.05, 0.1) is 11.7 Å². The highest BCUT2D eigenvalue weighted by molar-refractivity contribution is 5.76. The van der Waals surface area contributed by atoms with Crippen molar-refractivity contribution in [3.8, 4) is 0 Å². The van der Waals surface area contributed by atoms with Gasteiger partial charge in [-0.05, 0) is 56.9 Å². The number of halogens is 2. The summed E-state index contributed by atoms with van der Waals surface area (Å²) in [6.45, 7) is 10.7. The number of amides is 1. The summed E-state index contributed by atoms with van der Waals surface area (Å²) >= 11 is 0. The van der Waals surface area contributed by atoms with Gasteiger partial charge in [0.25, 0.3) is 0 Å². The number of carbonyl (C=O) groups excluding carboxylic acids is 1. The van der Waals surface area contributed by atoms with Crippen molar-refractivity contribution < 1.29 is 13.6 Å². The van der Waals surface area contributed by atoms with E-state index in [1.54, 1.807) is 6.92 Å². The monoisotopic (exact) mass is 363 g/mol. The van der Waals surface area contributed by atoms with Crippen LogP contribution in [0.3, 0.4) is 0 Å². The molecule has 0 aliphatic carbocycles. The van der Waals surface area contributed by atoms with Gasteiger partial charge in [0, 0.05) is 24.2 Å². The van der Waals surface area contributed by atoms with E-state index in [4.69, 9.17) is 0 Å². The van der Waals surface area contributed by atoms with Crippen LogP contribution < -0.4 is 5.32 Å². The molecule has 0 saturated heterocycles. The fourth-order valence-corrected chi connectivity index (χ4v) is 3.10. The Bertz CT molecular complexity index is 784. The predicted octanol–water partition coefficient (Wildman–Crippen LogP) is 4.24. The zero-order chi connectivity index (χ0) is 19.4. The van der Waals surface area contributed by atoms with Crippen LogP contribution in [0.2, 0.25) is 0 Å². The van der Waals surface area contributed by atoms with E-state index in [1.165, 1.54) is 0 Å². The molecule has 6 heteroatoms. The summed E-state index contributed by atoms with van der Waals surface area (Å²) in [5.41, 5.74) is 3.23. The number of nitrogens with one attached hydrogen (secondary N) is 1. The third-order valence-electron chi connectivity index (χ3n) is 4.47. The molecule has 142 valence electrons. The van der Waals surface area contributed by atoms with Gasteiger partial charge in [0.15, 0.2) is 0 Å². The molecule has 4 nitrogen and oxygen atoms in total. The lowest BCUT2D eigenvalue weighted by Gasteiger charge is -2.15. The van der Waals surface area contributed by atoms with Crippen LogP contribution in [0.5, 0.6) is 0 Å². The first-order valence-corrected chi connectivity index (χ1v) is 8.96. The molecular formula is C20H27F2N3O. The quantitative estimate of drug-likeness (QED) is 0.800. The van der Waals surface area contributed by atoms with Crippen LogP contribution in [0.25, 0.3) is 0 Å². The van der Waals surface area contributed by atoms with E-state index >= 15 is 0 Å². The smallest absolute Gasteiger partial charge is 0.220 e. The lowest BCUT2D eigenvalue weighted by atomic mass is 10.1. The molecule has 1 aromatic carbocycles. The highest BCUT2D eigenvalue weighted by Gasteiger charge is 2.17. The van der Waals surface area contributed by atoms with Crippen LogP contribution in [0.4, 0.5) is 8.78 Å². The Labute approximate surface area is 153 Å². The minimum absolute atomic E-state index is 0.149. The van der Waals surface area contributed by atoms with Crippen LogP contribution in [-0.4, -0.2) is 15.7 Å². The molecular weight excluding hydrogens is 336 g/mol. The van der Waals surface area contributed by atoms with Crippen LogP contribution in [-0.2, 0) is 17.8 Å². The van der Waals surface area contributed by atoms with E-state index in [2.05, 4.69) is 24.3 Å². The topological polar surface area (TPSA) is 46.9 Å². The van der Waals surface area contributed by atoms with Gasteiger partial charge in [0.1, 0.15) is 11.6 Å². The van der Waals surface area contributed by atoms with Gasteiger partial charge >= 0.3 is 0 Å². The molecule has 0 aliphatic heterocycles. The van der Waals surface area contributed by atoms with E-state index in [9.17, 15) is 13.6 Å². The average molecular weight is 363 g/mol. The summed E-state index contributed by atoms with van der Waals surface area (Å²) in [5, 5.41) is 7.29. The first-order valence-electron chi connectivity index (χ1n) is 8.96. The van der Waals surface area contributed by atoms with Crippen molar-refractivity contribution in [1.82, 2.24) is 15.1 Å². The minimum Gasteiger partial charge on any atom is -0.349 e. The molecule has 0 spiro atoms. The van der Waals surface area contributed by atoms with Crippen molar-refractivity contribution in [3.05, 3.63) is 52.3 Å². The SMILES string of the molecule is Cc1nn(CC(C)C)c(C)c1CCC(=O)NC(C)c1cc(F)ccc1F. The number of nitrogens with zero attached hydrogens (tertiary/aromatic N) is 2. The van der Waals surface area contributed by atoms with Gasteiger partial charge < -0.3 is 5.32 Å². The number of rotatable bonds is 7. The molecule has 0 radical (unpaired) electrons. The van der Waals surface area contributed by atoms with Crippen LogP contribution >= 0.6 is 0 Å². The number of carbonyl (C=O) groups is 1. The van der Waals surface area contributed by atoms with E-state index < -0.39 is 17.7 Å². The largest absolute Gasteiger partial charge is 0.349 e. The van der Waals surface area contributed by atoms with Gasteiger partial charge in [-0.15, -0.1) is 0 Å². The molecule has 1 heterocycles. The van der Waals surface area contributed by atoms with Crippen molar-refractivity contribution >= 4 is 5.91 Å². The number of benzene rings is 1. The fourth-order valence-electron chi connectivity index (χ4n) is 3.10. The van der Waals surface area contributed by atoms with E-state index in [0.717, 1.165) is 41.7 Å². The lowest BCUT2D eigenvalue weighted by molar-refractivity contribution is -0.121. The van der Waals surface area contributed by atoms with Crippen LogP contribution in [0.15, 0.2) is 18.2 Å². The second-order valence-corrected chi connectivity index (χ2v) is 7.18. The van der Waals surface area contributed by atoms with Crippen LogP contribution in [0, 0.1) is 31.4 Å². The standard InChI is InChI=1S/C20H27F2N3O/c1-12(2)11-25-15(5)17(14(4)24-25)7-9-20(26)23-13(3)18-10-16(21)6-8-19(18)22/h6,8,10,12-13H,7,9,11H2,1-5H3,(H,23,26). The molecule has 1 aromatic heterocycles. The molecule has 0 saturated carbocycles. The Morgan fingerprint density at radius 2 is 1.92 bits per heavy atom. The van der Waals surface area contributed by atoms with Gasteiger partial charge in [-0.1, -0.05) is 13.8 Å². The first-order chi connectivity index (χ1) is 12.2. The molecule has 1 N–H and O–H groups in total. The molecule has 2 aromatic rings. The molecule has 0 bridgehead atoms. The summed E-state index contributed by atoms with van der Waals surface area (Å²) in [7, 11) is 0. The lowest BCUT2D eigenvalue weighted by Crippen LogP contribution is -2.27. The Morgan fingerprint density at radius 3 is 2.58 bits per heavy atom. The summed E-state index contributed by atoms with van der Waals surface area (Å²) < 4.78 is 29.1. The number of aromatic nitrogens is 2. The minimum atomic E-state index is -0.593. The number of hydrogen-bond donors (Lipinski definition) is 1. The maximum absolute atomic E-state index is 13.8. The molecule has 1 unspecified atom stereocenters. The summed E-state index contributed by atoms with van der Waals surface area (Å²) in [6.07, 6.45) is 0.844. The summed E-state index contributed by atoms with van der Waals surface area (Å²) in [5.74, 6) is -0.755. The molecule has 1 atom stereocenters. The van der Waals surface area contributed by atoms with Crippen molar-refractivity contribution in [1.29, 1.82) is 0 Å². The second kappa shape index (κ2) is 8.43. The molecule has 26 heavy (non-hydrogen) atoms. The Kier molecular flexibility index (Phi) is 6.51. The van der Waals surface area contributed by atoms with Gasteiger partial charge in [0.2, 0.25) is 5.91 Å². The predicted molar refractivity (Wildman–Crippen MR) is 97.8 cm³/mol. The average Bonchev–Trinajstić information content (AvgIpc) is 2.80. The first kappa shape index (κ1) is 20.1. The van der Waals surface area contributed by atoms with E-state index in [1.807, 2.05) is 18.5 Å². The highest BCUT2D eigenvalue weighted by Crippen LogP contribution is 2.19. The summed E-state index contributed by atoms with van der Waals surface area (Å²) in [4.78, 5) is 12.2. The fraction of sp³-hybridized carbons (Fsp3) is 0.500. The number of hydrogen-bond acceptors (Lipinski definition) is 2. The van der Waals surface area contributed by atoms with Gasteiger partial charge in [-0.2, -0.15) is 5.10 Å². The molecule has 1 amide bonds. The Hall–Kier alpha value is -2.24. The molecule has 0 aliphatic rings. The zero-order valence-corrected chi connectivity index (χ0v) is 16.1. The summed E-state index contributed by atoms with van der Waals surface area (Å²) in [6, 6.07) is 2.66. The third kappa shape index (κ3) is 4.90. The highest BCUT2D eigenvalue weighted by atomic mass is 19.1. The van der Waals surface area contributed by atoms with E-state index in [-0.39, 0.29) is 17.9 Å². The zero-order valence-electron chi connectivity index (χ0n) is 16.1. The van der Waals surface area contributed by atoms with Gasteiger partial charge in [-0.3, -0.25) is 9.48 Å². The molecule has 2 rings (SSSR count). The van der Waals surface area contributed by atoms with Crippen molar-refractivity contribution in [2.75, 3.05) is 0 Å². The number of aryl methyl sites for hydroxylation is 1. The maximum Gasteiger partial charge on any atom is 0.220 e.